The molecule has 2 aromatic carbocycles. The Hall–Kier alpha value is -3.58. The molecule has 0 unspecified atom stereocenters. The minimum Gasteiger partial charge on any atom is -0.497 e. The van der Waals surface area contributed by atoms with Crippen LogP contribution in [0.4, 0.5) is 11.4 Å². The van der Waals surface area contributed by atoms with E-state index in [-0.39, 0.29) is 11.6 Å². The van der Waals surface area contributed by atoms with Crippen molar-refractivity contribution in [1.29, 1.82) is 0 Å². The maximum atomic E-state index is 13.3. The second-order valence-electron chi connectivity index (χ2n) is 6.20. The van der Waals surface area contributed by atoms with E-state index in [1.165, 1.54) is 18.4 Å². The van der Waals surface area contributed by atoms with Crippen LogP contribution in [-0.4, -0.2) is 26.0 Å². The van der Waals surface area contributed by atoms with Crippen LogP contribution in [0.3, 0.4) is 0 Å². The summed E-state index contributed by atoms with van der Waals surface area (Å²) in [6.45, 7) is 0. The summed E-state index contributed by atoms with van der Waals surface area (Å²) in [6.07, 6.45) is 0. The van der Waals surface area contributed by atoms with Crippen LogP contribution in [-0.2, 0) is 9.59 Å². The van der Waals surface area contributed by atoms with Gasteiger partial charge < -0.3 is 14.8 Å². The number of ether oxygens (including phenoxy) is 2. The minimum absolute atomic E-state index is 0.213. The zero-order chi connectivity index (χ0) is 20.4. The van der Waals surface area contributed by atoms with E-state index < -0.39 is 5.91 Å². The van der Waals surface area contributed by atoms with Crippen LogP contribution in [0.1, 0.15) is 4.88 Å². The molecule has 0 fully saturated rings. The summed E-state index contributed by atoms with van der Waals surface area (Å²) in [4.78, 5) is 28.5. The summed E-state index contributed by atoms with van der Waals surface area (Å²) < 4.78 is 10.6. The molecule has 0 aliphatic carbocycles. The molecule has 0 bridgehead atoms. The number of rotatable bonds is 6. The quantitative estimate of drug-likeness (QED) is 0.623. The fourth-order valence-corrected chi connectivity index (χ4v) is 3.93. The summed E-state index contributed by atoms with van der Waals surface area (Å²) in [7, 11) is 3.09. The molecule has 7 heteroatoms. The number of anilines is 2. The summed E-state index contributed by atoms with van der Waals surface area (Å²) in [6, 6.07) is 17.8. The monoisotopic (exact) mass is 406 g/mol. The maximum Gasteiger partial charge on any atom is 0.282 e. The molecule has 3 aromatic rings. The summed E-state index contributed by atoms with van der Waals surface area (Å²) in [5.74, 6) is 0.318. The zero-order valence-corrected chi connectivity index (χ0v) is 16.7. The van der Waals surface area contributed by atoms with Crippen molar-refractivity contribution in [2.75, 3.05) is 24.4 Å². The standard InChI is InChI=1S/C22H18N2O4S/c1-27-15-8-5-7-14(13-15)24-21(25)19(18-11-6-12-29-18)20(22(24)26)23-16-9-3-4-10-17(16)28-2/h3-13,23H,1-2H3. The molecule has 1 N–H and O–H groups in total. The normalized spacial score (nSPS) is 13.8. The van der Waals surface area contributed by atoms with Gasteiger partial charge in [0.1, 0.15) is 17.2 Å². The van der Waals surface area contributed by atoms with Gasteiger partial charge >= 0.3 is 0 Å². The van der Waals surface area contributed by atoms with Gasteiger partial charge in [-0.3, -0.25) is 9.59 Å². The first kappa shape index (κ1) is 18.8. The van der Waals surface area contributed by atoms with Gasteiger partial charge in [0.15, 0.2) is 0 Å². The number of methoxy groups -OCH3 is 2. The van der Waals surface area contributed by atoms with E-state index in [1.54, 1.807) is 43.5 Å². The topological polar surface area (TPSA) is 67.9 Å². The lowest BCUT2D eigenvalue weighted by Gasteiger charge is -2.16. The Morgan fingerprint density at radius 2 is 1.72 bits per heavy atom. The highest BCUT2D eigenvalue weighted by molar-refractivity contribution is 7.11. The number of nitrogens with zero attached hydrogens (tertiary/aromatic N) is 1. The number of nitrogens with one attached hydrogen (secondary N) is 1. The van der Waals surface area contributed by atoms with E-state index in [0.29, 0.717) is 33.3 Å². The summed E-state index contributed by atoms with van der Waals surface area (Å²) in [5, 5.41) is 5.00. The number of thiophene rings is 1. The first-order valence-electron chi connectivity index (χ1n) is 8.85. The van der Waals surface area contributed by atoms with Crippen LogP contribution >= 0.6 is 11.3 Å². The summed E-state index contributed by atoms with van der Waals surface area (Å²) >= 11 is 1.40. The number of imide groups is 1. The second kappa shape index (κ2) is 7.81. The molecule has 0 spiro atoms. The van der Waals surface area contributed by atoms with Crippen molar-refractivity contribution in [3.8, 4) is 11.5 Å². The van der Waals surface area contributed by atoms with Crippen molar-refractivity contribution < 1.29 is 19.1 Å². The molecule has 1 aromatic heterocycles. The molecule has 29 heavy (non-hydrogen) atoms. The lowest BCUT2D eigenvalue weighted by Crippen LogP contribution is -2.32. The van der Waals surface area contributed by atoms with E-state index in [2.05, 4.69) is 5.32 Å². The number of para-hydroxylation sites is 2. The molecule has 1 aliphatic heterocycles. The highest BCUT2D eigenvalue weighted by Gasteiger charge is 2.41. The predicted molar refractivity (Wildman–Crippen MR) is 113 cm³/mol. The Morgan fingerprint density at radius 1 is 0.897 bits per heavy atom. The van der Waals surface area contributed by atoms with Crippen LogP contribution < -0.4 is 19.7 Å². The molecule has 2 heterocycles. The van der Waals surface area contributed by atoms with Crippen molar-refractivity contribution in [3.63, 3.8) is 0 Å². The number of hydrogen-bond donors (Lipinski definition) is 1. The molecule has 6 nitrogen and oxygen atoms in total. The average molecular weight is 406 g/mol. The van der Waals surface area contributed by atoms with Gasteiger partial charge in [-0.25, -0.2) is 4.90 Å². The third kappa shape index (κ3) is 3.36. The van der Waals surface area contributed by atoms with Crippen molar-refractivity contribution in [2.45, 2.75) is 0 Å². The molecule has 146 valence electrons. The van der Waals surface area contributed by atoms with E-state index in [4.69, 9.17) is 9.47 Å². The number of amides is 2. The Kier molecular flexibility index (Phi) is 5.05. The third-order valence-corrected chi connectivity index (χ3v) is 5.42. The van der Waals surface area contributed by atoms with Crippen molar-refractivity contribution in [2.24, 2.45) is 0 Å². The van der Waals surface area contributed by atoms with Gasteiger partial charge in [-0.15, -0.1) is 11.3 Å². The number of hydrogen-bond acceptors (Lipinski definition) is 6. The van der Waals surface area contributed by atoms with Crippen molar-refractivity contribution >= 4 is 40.1 Å². The van der Waals surface area contributed by atoms with Gasteiger partial charge in [0.05, 0.1) is 31.2 Å². The van der Waals surface area contributed by atoms with Gasteiger partial charge in [-0.05, 0) is 35.7 Å². The molecule has 4 rings (SSSR count). The van der Waals surface area contributed by atoms with E-state index in [9.17, 15) is 9.59 Å². The smallest absolute Gasteiger partial charge is 0.282 e. The molecule has 0 atom stereocenters. The largest absolute Gasteiger partial charge is 0.497 e. The Bertz CT molecular complexity index is 1110. The summed E-state index contributed by atoms with van der Waals surface area (Å²) in [5.41, 5.74) is 1.60. The van der Waals surface area contributed by atoms with Gasteiger partial charge in [0.2, 0.25) is 0 Å². The molecule has 0 saturated heterocycles. The second-order valence-corrected chi connectivity index (χ2v) is 7.15. The zero-order valence-electron chi connectivity index (χ0n) is 15.8. The SMILES string of the molecule is COc1cccc(N2C(=O)C(Nc3ccccc3OC)=C(c3cccs3)C2=O)c1. The highest BCUT2D eigenvalue weighted by atomic mass is 32.1. The van der Waals surface area contributed by atoms with E-state index in [0.717, 1.165) is 4.90 Å². The maximum absolute atomic E-state index is 13.3. The molecule has 1 aliphatic rings. The first-order chi connectivity index (χ1) is 14.1. The molecule has 2 amide bonds. The lowest BCUT2D eigenvalue weighted by molar-refractivity contribution is -0.120. The van der Waals surface area contributed by atoms with Crippen LogP contribution in [0.15, 0.2) is 71.7 Å². The predicted octanol–water partition coefficient (Wildman–Crippen LogP) is 4.16. The molecular weight excluding hydrogens is 388 g/mol. The fourth-order valence-electron chi connectivity index (χ4n) is 3.16. The van der Waals surface area contributed by atoms with Gasteiger partial charge in [-0.2, -0.15) is 0 Å². The minimum atomic E-state index is -0.433. The van der Waals surface area contributed by atoms with Gasteiger partial charge in [0, 0.05) is 10.9 Å². The van der Waals surface area contributed by atoms with Gasteiger partial charge in [0.25, 0.3) is 11.8 Å². The van der Waals surface area contributed by atoms with E-state index in [1.807, 2.05) is 29.6 Å². The van der Waals surface area contributed by atoms with Crippen LogP contribution in [0.25, 0.3) is 5.57 Å². The molecule has 0 radical (unpaired) electrons. The van der Waals surface area contributed by atoms with Crippen molar-refractivity contribution in [1.82, 2.24) is 0 Å². The molecule has 0 saturated carbocycles. The third-order valence-electron chi connectivity index (χ3n) is 4.53. The van der Waals surface area contributed by atoms with Crippen LogP contribution in [0.5, 0.6) is 11.5 Å². The van der Waals surface area contributed by atoms with Crippen LogP contribution in [0.2, 0.25) is 0 Å². The number of carbonyl (C=O) groups is 2. The Morgan fingerprint density at radius 3 is 2.45 bits per heavy atom. The Labute approximate surface area is 172 Å². The Balaban J connectivity index is 1.81. The lowest BCUT2D eigenvalue weighted by atomic mass is 10.1. The van der Waals surface area contributed by atoms with Crippen LogP contribution in [0, 0.1) is 0 Å². The number of carbonyl (C=O) groups excluding carboxylic acids is 2. The fraction of sp³-hybridized carbons (Fsp3) is 0.0909. The molecular formula is C22H18N2O4S. The first-order valence-corrected chi connectivity index (χ1v) is 9.73. The van der Waals surface area contributed by atoms with Crippen molar-refractivity contribution in [3.05, 3.63) is 76.6 Å². The van der Waals surface area contributed by atoms with E-state index >= 15 is 0 Å². The van der Waals surface area contributed by atoms with Gasteiger partial charge in [-0.1, -0.05) is 24.3 Å². The number of benzene rings is 2. The average Bonchev–Trinajstić information content (AvgIpc) is 3.35. The highest BCUT2D eigenvalue weighted by Crippen LogP contribution is 2.37.